The molecule has 1 heterocycles. The first-order chi connectivity index (χ1) is 6.15. The Kier molecular flexibility index (Phi) is 3.69. The molecule has 76 valence electrons. The summed E-state index contributed by atoms with van der Waals surface area (Å²) in [5.74, 6) is -0.272. The van der Waals surface area contributed by atoms with Crippen molar-refractivity contribution in [1.29, 1.82) is 0 Å². The van der Waals surface area contributed by atoms with E-state index in [2.05, 4.69) is 10.1 Å². The number of rotatable bonds is 4. The van der Waals surface area contributed by atoms with Crippen molar-refractivity contribution in [2.75, 3.05) is 20.3 Å². The summed E-state index contributed by atoms with van der Waals surface area (Å²) < 4.78 is 9.68. The first-order valence-corrected chi connectivity index (χ1v) is 4.56. The van der Waals surface area contributed by atoms with E-state index in [1.807, 2.05) is 13.8 Å². The van der Waals surface area contributed by atoms with Crippen LogP contribution in [0.15, 0.2) is 0 Å². The van der Waals surface area contributed by atoms with Crippen LogP contribution < -0.4 is 5.32 Å². The summed E-state index contributed by atoms with van der Waals surface area (Å²) in [5.41, 5.74) is 0. The van der Waals surface area contributed by atoms with Gasteiger partial charge in [0.2, 0.25) is 0 Å². The van der Waals surface area contributed by atoms with Crippen LogP contribution in [0.5, 0.6) is 0 Å². The van der Waals surface area contributed by atoms with Gasteiger partial charge in [0.1, 0.15) is 0 Å². The van der Waals surface area contributed by atoms with Crippen LogP contribution in [0.25, 0.3) is 0 Å². The van der Waals surface area contributed by atoms with E-state index in [0.29, 0.717) is 6.04 Å². The van der Waals surface area contributed by atoms with Gasteiger partial charge in [0.15, 0.2) is 0 Å². The molecule has 0 radical (unpaired) electrons. The molecular formula is C9H17NO3. The van der Waals surface area contributed by atoms with Gasteiger partial charge in [0.05, 0.1) is 32.3 Å². The number of ether oxygens (including phenoxy) is 2. The second kappa shape index (κ2) is 4.58. The van der Waals surface area contributed by atoms with Crippen LogP contribution in [0.2, 0.25) is 0 Å². The molecule has 1 fully saturated rings. The minimum absolute atomic E-state index is 0.106. The van der Waals surface area contributed by atoms with Crippen molar-refractivity contribution in [3.05, 3.63) is 0 Å². The normalized spacial score (nSPS) is 21.8. The zero-order chi connectivity index (χ0) is 9.84. The van der Waals surface area contributed by atoms with Gasteiger partial charge in [-0.3, -0.25) is 4.79 Å². The van der Waals surface area contributed by atoms with Gasteiger partial charge >= 0.3 is 5.97 Å². The Labute approximate surface area is 78.6 Å². The third-order valence-electron chi connectivity index (χ3n) is 2.46. The Balaban J connectivity index is 2.27. The summed E-state index contributed by atoms with van der Waals surface area (Å²) in [6.45, 7) is 5.35. The molecule has 0 aliphatic carbocycles. The predicted octanol–water partition coefficient (Wildman–Crippen LogP) is 0.172. The highest BCUT2D eigenvalue weighted by atomic mass is 16.5. The molecule has 0 aromatic carbocycles. The Hall–Kier alpha value is -0.610. The fourth-order valence-corrected chi connectivity index (χ4v) is 1.24. The molecule has 13 heavy (non-hydrogen) atoms. The van der Waals surface area contributed by atoms with Crippen molar-refractivity contribution in [3.8, 4) is 0 Å². The predicted molar refractivity (Wildman–Crippen MR) is 48.4 cm³/mol. The van der Waals surface area contributed by atoms with Crippen LogP contribution in [0.4, 0.5) is 0 Å². The third-order valence-corrected chi connectivity index (χ3v) is 2.46. The fraction of sp³-hybridized carbons (Fsp3) is 0.889. The molecule has 0 spiro atoms. The van der Waals surface area contributed by atoms with E-state index in [4.69, 9.17) is 4.74 Å². The lowest BCUT2D eigenvalue weighted by Gasteiger charge is -2.31. The van der Waals surface area contributed by atoms with Crippen LogP contribution in [0.3, 0.4) is 0 Å². The van der Waals surface area contributed by atoms with Gasteiger partial charge in [-0.05, 0) is 6.92 Å². The second-order valence-corrected chi connectivity index (χ2v) is 3.50. The number of esters is 1. The van der Waals surface area contributed by atoms with Gasteiger partial charge < -0.3 is 14.8 Å². The van der Waals surface area contributed by atoms with E-state index in [1.165, 1.54) is 7.11 Å². The standard InChI is InChI=1S/C9H17NO3/c1-6(9(11)12-3)7(2)10-8-4-13-5-8/h6-8,10H,4-5H2,1-3H3. The first-order valence-electron chi connectivity index (χ1n) is 4.56. The van der Waals surface area contributed by atoms with Gasteiger partial charge in [-0.1, -0.05) is 6.92 Å². The molecule has 4 nitrogen and oxygen atoms in total. The number of hydrogen-bond acceptors (Lipinski definition) is 4. The molecule has 1 rings (SSSR count). The lowest BCUT2D eigenvalue weighted by molar-refractivity contribution is -0.146. The number of carbonyl (C=O) groups is 1. The summed E-state index contributed by atoms with van der Waals surface area (Å²) in [6, 6.07) is 0.545. The van der Waals surface area contributed by atoms with E-state index in [9.17, 15) is 4.79 Å². The highest BCUT2D eigenvalue weighted by Gasteiger charge is 2.26. The van der Waals surface area contributed by atoms with Crippen molar-refractivity contribution in [3.63, 3.8) is 0 Å². The Bertz CT molecular complexity index is 180. The number of hydrogen-bond donors (Lipinski definition) is 1. The summed E-state index contributed by atoms with van der Waals surface area (Å²) in [6.07, 6.45) is 0. The van der Waals surface area contributed by atoms with Crippen LogP contribution in [0, 0.1) is 5.92 Å². The lowest BCUT2D eigenvalue weighted by Crippen LogP contribution is -2.52. The van der Waals surface area contributed by atoms with Crippen LogP contribution in [-0.4, -0.2) is 38.4 Å². The zero-order valence-corrected chi connectivity index (χ0v) is 8.37. The minimum Gasteiger partial charge on any atom is -0.469 e. The molecule has 1 N–H and O–H groups in total. The van der Waals surface area contributed by atoms with E-state index in [0.717, 1.165) is 13.2 Å². The van der Waals surface area contributed by atoms with Gasteiger partial charge in [-0.25, -0.2) is 0 Å². The second-order valence-electron chi connectivity index (χ2n) is 3.50. The summed E-state index contributed by atoms with van der Waals surface area (Å²) >= 11 is 0. The van der Waals surface area contributed by atoms with Gasteiger partial charge in [0, 0.05) is 6.04 Å². The molecule has 1 aliphatic heterocycles. The minimum atomic E-state index is -0.166. The van der Waals surface area contributed by atoms with E-state index in [1.54, 1.807) is 0 Å². The smallest absolute Gasteiger partial charge is 0.309 e. The molecule has 2 atom stereocenters. The largest absolute Gasteiger partial charge is 0.469 e. The average Bonchev–Trinajstić information content (AvgIpc) is 2.08. The van der Waals surface area contributed by atoms with Gasteiger partial charge in [-0.15, -0.1) is 0 Å². The van der Waals surface area contributed by atoms with Crippen molar-refractivity contribution < 1.29 is 14.3 Å². The maximum absolute atomic E-state index is 11.1. The van der Waals surface area contributed by atoms with E-state index in [-0.39, 0.29) is 17.9 Å². The number of nitrogens with one attached hydrogen (secondary N) is 1. The molecule has 0 saturated carbocycles. The molecule has 2 unspecified atom stereocenters. The zero-order valence-electron chi connectivity index (χ0n) is 8.37. The Morgan fingerprint density at radius 2 is 2.15 bits per heavy atom. The van der Waals surface area contributed by atoms with Crippen LogP contribution >= 0.6 is 0 Å². The molecular weight excluding hydrogens is 170 g/mol. The van der Waals surface area contributed by atoms with Gasteiger partial charge in [-0.2, -0.15) is 0 Å². The maximum atomic E-state index is 11.1. The van der Waals surface area contributed by atoms with Crippen LogP contribution in [0.1, 0.15) is 13.8 Å². The summed E-state index contributed by atoms with van der Waals surface area (Å²) in [4.78, 5) is 11.1. The van der Waals surface area contributed by atoms with Crippen molar-refractivity contribution in [1.82, 2.24) is 5.32 Å². The molecule has 4 heteroatoms. The molecule has 0 aromatic rings. The lowest BCUT2D eigenvalue weighted by atomic mass is 10.0. The average molecular weight is 187 g/mol. The molecule has 1 saturated heterocycles. The maximum Gasteiger partial charge on any atom is 0.309 e. The van der Waals surface area contributed by atoms with Gasteiger partial charge in [0.25, 0.3) is 0 Å². The number of methoxy groups -OCH3 is 1. The van der Waals surface area contributed by atoms with Crippen molar-refractivity contribution >= 4 is 5.97 Å². The van der Waals surface area contributed by atoms with Crippen LogP contribution in [-0.2, 0) is 14.3 Å². The van der Waals surface area contributed by atoms with Crippen molar-refractivity contribution in [2.45, 2.75) is 25.9 Å². The van der Waals surface area contributed by atoms with Crippen molar-refractivity contribution in [2.24, 2.45) is 5.92 Å². The Morgan fingerprint density at radius 1 is 1.54 bits per heavy atom. The topological polar surface area (TPSA) is 47.6 Å². The summed E-state index contributed by atoms with van der Waals surface area (Å²) in [7, 11) is 1.41. The third kappa shape index (κ3) is 2.67. The first kappa shape index (κ1) is 10.5. The highest BCUT2D eigenvalue weighted by molar-refractivity contribution is 5.72. The fourth-order valence-electron chi connectivity index (χ4n) is 1.24. The molecule has 0 aromatic heterocycles. The quantitative estimate of drug-likeness (QED) is 0.637. The molecule has 1 aliphatic rings. The summed E-state index contributed by atoms with van der Waals surface area (Å²) in [5, 5.41) is 3.31. The monoisotopic (exact) mass is 187 g/mol. The van der Waals surface area contributed by atoms with E-state index < -0.39 is 0 Å². The molecule has 0 bridgehead atoms. The highest BCUT2D eigenvalue weighted by Crippen LogP contribution is 2.08. The number of carbonyl (C=O) groups excluding carboxylic acids is 1. The molecule has 0 amide bonds. The van der Waals surface area contributed by atoms with E-state index >= 15 is 0 Å². The SMILES string of the molecule is COC(=O)C(C)C(C)NC1COC1. The Morgan fingerprint density at radius 3 is 2.54 bits per heavy atom.